The minimum Gasteiger partial charge on any atom is -0.508 e. The van der Waals surface area contributed by atoms with E-state index in [1.54, 1.807) is 42.9 Å². The van der Waals surface area contributed by atoms with Crippen molar-refractivity contribution in [3.63, 3.8) is 0 Å². The number of hydrogen-bond acceptors (Lipinski definition) is 25. The molecule has 6 aliphatic rings. The van der Waals surface area contributed by atoms with E-state index < -0.39 is 79.8 Å². The second-order valence-corrected chi connectivity index (χ2v) is 36.1. The van der Waals surface area contributed by atoms with Crippen molar-refractivity contribution in [2.45, 2.75) is 195 Å². The van der Waals surface area contributed by atoms with Crippen molar-refractivity contribution in [2.24, 2.45) is 13.2 Å². The molecule has 0 spiro atoms. The van der Waals surface area contributed by atoms with Crippen LogP contribution < -0.4 is 21.4 Å². The van der Waals surface area contributed by atoms with Crippen molar-refractivity contribution in [3.05, 3.63) is 222 Å². The van der Waals surface area contributed by atoms with Crippen LogP contribution in [-0.2, 0) is 72.4 Å². The lowest BCUT2D eigenvalue weighted by Crippen LogP contribution is -2.41. The molecule has 3 atom stereocenters. The second-order valence-electron chi connectivity index (χ2n) is 30.4. The molecule has 28 nitrogen and oxygen atoms in total. The number of Topliss-reactive ketones (excluding diaryl/α,β-unsaturated/α-hetero) is 3. The normalized spacial score (nSPS) is 19.5. The van der Waals surface area contributed by atoms with Gasteiger partial charge in [-0.15, -0.1) is 13.2 Å². The van der Waals surface area contributed by atoms with Crippen LogP contribution in [0.25, 0.3) is 0 Å². The molecule has 0 amide bonds. The molecule has 6 aromatic carbocycles. The third kappa shape index (κ3) is 19.0. The summed E-state index contributed by atoms with van der Waals surface area (Å²) in [5, 5.41) is 18.0. The molecule has 114 heavy (non-hydrogen) atoms. The van der Waals surface area contributed by atoms with Gasteiger partial charge in [-0.3, -0.25) is 14.4 Å². The number of carbonyl (C=O) groups is 3. The van der Waals surface area contributed by atoms with Gasteiger partial charge in [0.1, 0.15) is 39.2 Å². The quantitative estimate of drug-likeness (QED) is 0.0407. The van der Waals surface area contributed by atoms with E-state index in [0.717, 1.165) is 22.8 Å². The number of phenols is 1. The van der Waals surface area contributed by atoms with Gasteiger partial charge >= 0.3 is 21.1 Å². The fraction of sp³-hybridized carbons (Fsp3) is 0.354. The number of amidine groups is 3. The Hall–Kier alpha value is -9.55. The summed E-state index contributed by atoms with van der Waals surface area (Å²) in [6, 6.07) is 42.1. The van der Waals surface area contributed by atoms with E-state index in [9.17, 15) is 44.7 Å². The highest BCUT2D eigenvalue weighted by molar-refractivity contribution is 9.10. The van der Waals surface area contributed by atoms with Gasteiger partial charge < -0.3 is 62.2 Å². The summed E-state index contributed by atoms with van der Waals surface area (Å²) in [7, 11) is -13.8. The molecule has 0 bridgehead atoms. The van der Waals surface area contributed by atoms with Crippen molar-refractivity contribution in [3.8, 4) is 5.75 Å². The number of aromatic hydroxyl groups is 1. The first kappa shape index (κ1) is 85.3. The number of nitrogens with zero attached hydrogens (tertiary/aromatic N) is 6. The van der Waals surface area contributed by atoms with Crippen LogP contribution in [0.4, 0.5) is 17.1 Å². The maximum Gasteiger partial charge on any atom is 0.494 e. The largest absolute Gasteiger partial charge is 0.508 e. The van der Waals surface area contributed by atoms with Crippen molar-refractivity contribution in [2.75, 3.05) is 16.0 Å². The smallest absolute Gasteiger partial charge is 0.494 e. The van der Waals surface area contributed by atoms with Gasteiger partial charge in [0.25, 0.3) is 30.1 Å². The maximum atomic E-state index is 13.1. The van der Waals surface area contributed by atoms with Crippen LogP contribution in [0.5, 0.6) is 5.75 Å². The standard InChI is InChI=1S/C26H28BN3O6S.C20H16BrN3O4S.C20H17N3O5S.C12H24B2O4.CH4/c1-25(2)26(3,4)36-27(35-25)18-10-12-20-22(16-18)37(32,33)30-23(29-20)21(31)13-11-19(24-28-14-15-34-24)17-8-6-5-7-9-17;21-14-6-8-16-18(12-14)29(26,27)24-19(23-16)17(25)9-7-15(20-22-10-11-28-20)13-4-2-1-3-5-13;24-14-6-8-16-18(12-14)29(26,27)23-19(22-16)17(25)9-7-15(20-21-10-11-28-20)13-4-2-1-3-5-13;1-9(2)10(3,4)16-13(15-9)14-17-11(5,6)12(7,8)18-14;/h5-10,12,14-16,19H,11,13H2,1-4H3,(H,29,30);1-6,8,10-12,15H,7,9H2,(H,23,24);1-6,8,10-12,15,24H,7,9H2,(H,22,23);1-8H3;1H4. The second kappa shape index (κ2) is 33.7. The Balaban J connectivity index is 0.000000153. The molecule has 3 unspecified atom stereocenters. The van der Waals surface area contributed by atoms with Gasteiger partial charge in [-0.2, -0.15) is 25.3 Å². The van der Waals surface area contributed by atoms with Gasteiger partial charge in [0.15, 0.2) is 34.9 Å². The molecule has 598 valence electrons. The van der Waals surface area contributed by atoms with Crippen LogP contribution in [0.1, 0.15) is 181 Å². The molecule has 3 saturated heterocycles. The van der Waals surface area contributed by atoms with Gasteiger partial charge in [0, 0.05) is 29.8 Å². The number of sulfonamides is 3. The molecule has 3 fully saturated rings. The lowest BCUT2D eigenvalue weighted by atomic mass is 9.49. The van der Waals surface area contributed by atoms with E-state index >= 15 is 0 Å². The third-order valence-corrected chi connectivity index (χ3v) is 25.5. The van der Waals surface area contributed by atoms with E-state index in [1.807, 2.05) is 174 Å². The Morgan fingerprint density at radius 3 is 1.04 bits per heavy atom. The topological polar surface area (TPSA) is 380 Å². The van der Waals surface area contributed by atoms with Crippen molar-refractivity contribution in [1.82, 2.24) is 15.0 Å². The number of rotatable bonds is 20. The molecule has 0 radical (unpaired) electrons. The minimum absolute atomic E-state index is 0. The molecule has 3 aromatic heterocycles. The first-order valence-electron chi connectivity index (χ1n) is 36.3. The van der Waals surface area contributed by atoms with Crippen LogP contribution in [0.3, 0.4) is 0 Å². The Bertz CT molecular complexity index is 5160. The molecule has 0 saturated carbocycles. The number of hydrogen-bond donors (Lipinski definition) is 4. The monoisotopic (exact) mass is 1680 g/mol. The van der Waals surface area contributed by atoms with Crippen LogP contribution in [0.2, 0.25) is 0 Å². The summed E-state index contributed by atoms with van der Waals surface area (Å²) >= 11 is 3.25. The number of fused-ring (bicyclic) bond motifs is 3. The number of oxazole rings is 3. The molecule has 4 N–H and O–H groups in total. The average molecular weight is 1680 g/mol. The van der Waals surface area contributed by atoms with E-state index in [2.05, 4.69) is 60.0 Å². The van der Waals surface area contributed by atoms with E-state index in [-0.39, 0.29) is 116 Å². The SMILES string of the molecule is C.CC1(C)OB(B2OC(C)(C)C(C)(C)O2)OC1(C)C.CC1(C)OB(c2ccc3c(c2)S(=O)(=O)N=C(C(=O)CCC(c2ccccc2)c2ncco2)N3)OC1(C)C.O=C(CCC(c1ccccc1)c1ncco1)C1=NS(=O)(=O)c2cc(Br)ccc2N1.O=C(CCC(c1ccccc1)c1ncco1)C1=NS(=O)(=O)c2cc(O)ccc2N1. The summed E-state index contributed by atoms with van der Waals surface area (Å²) in [6.07, 6.45) is 10.4. The van der Waals surface area contributed by atoms with Gasteiger partial charge in [-0.05, 0) is 167 Å². The number of phenolic OH excluding ortho intramolecular Hbond substituents is 1. The molecule has 6 aliphatic heterocycles. The van der Waals surface area contributed by atoms with E-state index in [0.29, 0.717) is 52.6 Å². The highest BCUT2D eigenvalue weighted by Gasteiger charge is 2.64. The predicted molar refractivity (Wildman–Crippen MR) is 435 cm³/mol. The van der Waals surface area contributed by atoms with Gasteiger partial charge in [-0.25, -0.2) is 15.0 Å². The zero-order chi connectivity index (χ0) is 81.3. The van der Waals surface area contributed by atoms with Gasteiger partial charge in [-0.1, -0.05) is 120 Å². The number of halogens is 1. The fourth-order valence-electron chi connectivity index (χ4n) is 12.7. The first-order chi connectivity index (χ1) is 53.2. The highest BCUT2D eigenvalue weighted by Crippen LogP contribution is 2.44. The van der Waals surface area contributed by atoms with Crippen molar-refractivity contribution < 1.29 is 85.9 Å². The molecule has 0 aliphatic carbocycles. The van der Waals surface area contributed by atoms with Gasteiger partial charge in [0.2, 0.25) is 17.7 Å². The average Bonchev–Trinajstić information content (AvgIpc) is 1.39. The lowest BCUT2D eigenvalue weighted by molar-refractivity contribution is -0.113. The molecule has 9 heterocycles. The molecule has 9 aromatic rings. The zero-order valence-corrected chi connectivity index (χ0v) is 68.1. The Morgan fingerprint density at radius 1 is 0.412 bits per heavy atom. The van der Waals surface area contributed by atoms with Crippen molar-refractivity contribution in [1.29, 1.82) is 0 Å². The summed E-state index contributed by atoms with van der Waals surface area (Å²) in [6.45, 7) is 23.9. The number of carbonyl (C=O) groups excluding carboxylic acids is 3. The van der Waals surface area contributed by atoms with Crippen LogP contribution in [-0.4, -0.2) is 135 Å². The van der Waals surface area contributed by atoms with Crippen LogP contribution in [0, 0.1) is 0 Å². The maximum absolute atomic E-state index is 13.1. The summed E-state index contributed by atoms with van der Waals surface area (Å²) in [5.41, 5.74) is 1.66. The summed E-state index contributed by atoms with van der Waals surface area (Å²) in [4.78, 5) is 51.0. The number of anilines is 3. The number of benzene rings is 6. The molecular weight excluding hydrogens is 1590 g/mol. The summed E-state index contributed by atoms with van der Waals surface area (Å²) < 4.78 is 140. The molecule has 35 heteroatoms. The Kier molecular flexibility index (Phi) is 25.2. The Morgan fingerprint density at radius 2 is 0.711 bits per heavy atom. The van der Waals surface area contributed by atoms with Gasteiger partial charge in [0.05, 0.1) is 87.0 Å². The number of nitrogens with one attached hydrogen (secondary N) is 3. The van der Waals surface area contributed by atoms with E-state index in [1.165, 1.54) is 43.1 Å². The fourth-order valence-corrected chi connectivity index (χ4v) is 16.7. The van der Waals surface area contributed by atoms with Crippen LogP contribution in [0.15, 0.2) is 229 Å². The zero-order valence-electron chi connectivity index (χ0n) is 64.1. The van der Waals surface area contributed by atoms with Crippen molar-refractivity contribution >= 4 is 125 Å². The molecule has 15 rings (SSSR count). The number of aromatic nitrogens is 3. The first-order valence-corrected chi connectivity index (χ1v) is 41.5. The number of ketones is 3. The highest BCUT2D eigenvalue weighted by atomic mass is 79.9. The Labute approximate surface area is 672 Å². The molecular formula is C79H89B3BrN9O19S3. The van der Waals surface area contributed by atoms with Crippen LogP contribution >= 0.6 is 15.9 Å². The minimum atomic E-state index is -4.12. The summed E-state index contributed by atoms with van der Waals surface area (Å²) in [5.74, 6) is -1.35. The lowest BCUT2D eigenvalue weighted by Gasteiger charge is -2.32. The van der Waals surface area contributed by atoms with E-state index in [4.69, 9.17) is 41.2 Å². The predicted octanol–water partition coefficient (Wildman–Crippen LogP) is 13.8. The third-order valence-electron chi connectivity index (χ3n) is 21.1.